The van der Waals surface area contributed by atoms with Crippen molar-refractivity contribution in [1.29, 1.82) is 0 Å². The number of anilines is 1. The summed E-state index contributed by atoms with van der Waals surface area (Å²) in [6.07, 6.45) is 0.311. The first-order valence-corrected chi connectivity index (χ1v) is 8.90. The van der Waals surface area contributed by atoms with Crippen molar-refractivity contribution in [1.82, 2.24) is 9.88 Å². The van der Waals surface area contributed by atoms with Crippen molar-refractivity contribution in [3.05, 3.63) is 58.3 Å². The largest absolute Gasteiger partial charge is 0.465 e. The monoisotopic (exact) mass is 387 g/mol. The Kier molecular flexibility index (Phi) is 4.97. The number of amides is 2. The number of halogens is 1. The molecule has 28 heavy (non-hydrogen) atoms. The molecule has 2 N–H and O–H groups in total. The molecule has 3 rings (SSSR count). The van der Waals surface area contributed by atoms with Gasteiger partial charge in [0.25, 0.3) is 5.56 Å². The summed E-state index contributed by atoms with van der Waals surface area (Å²) in [5, 5.41) is 11.1. The predicted octanol–water partition coefficient (Wildman–Crippen LogP) is 2.65. The lowest BCUT2D eigenvalue weighted by Crippen LogP contribution is -2.36. The number of carbonyl (C=O) groups is 2. The molecule has 1 aliphatic rings. The molecule has 0 aliphatic carbocycles. The molecule has 8 heteroatoms. The molecule has 1 unspecified atom stereocenters. The van der Waals surface area contributed by atoms with Crippen LogP contribution in [0.5, 0.6) is 0 Å². The van der Waals surface area contributed by atoms with Crippen molar-refractivity contribution in [2.45, 2.75) is 38.6 Å². The molecule has 2 aromatic rings. The third-order valence-electron chi connectivity index (χ3n) is 4.68. The fourth-order valence-electron chi connectivity index (χ4n) is 3.52. The summed E-state index contributed by atoms with van der Waals surface area (Å²) in [6, 6.07) is 7.17. The van der Waals surface area contributed by atoms with Gasteiger partial charge in [0.05, 0.1) is 17.4 Å². The number of rotatable bonds is 3. The van der Waals surface area contributed by atoms with Gasteiger partial charge in [0.2, 0.25) is 5.91 Å². The Hall–Kier alpha value is -3.16. The normalized spacial score (nSPS) is 17.1. The van der Waals surface area contributed by atoms with Crippen molar-refractivity contribution in [3.63, 3.8) is 0 Å². The van der Waals surface area contributed by atoms with Crippen molar-refractivity contribution in [3.8, 4) is 5.69 Å². The molecule has 1 aromatic carbocycles. The van der Waals surface area contributed by atoms with Gasteiger partial charge in [0, 0.05) is 30.8 Å². The number of nitrogens with one attached hydrogen (secondary N) is 1. The van der Waals surface area contributed by atoms with Crippen LogP contribution in [0, 0.1) is 5.82 Å². The minimum atomic E-state index is -1.23. The molecule has 0 saturated carbocycles. The summed E-state index contributed by atoms with van der Waals surface area (Å²) in [4.78, 5) is 36.7. The maximum atomic E-state index is 15.6. The molecule has 2 heterocycles. The van der Waals surface area contributed by atoms with Crippen LogP contribution in [0.4, 0.5) is 14.9 Å². The van der Waals surface area contributed by atoms with E-state index in [0.717, 1.165) is 0 Å². The third-order valence-corrected chi connectivity index (χ3v) is 4.68. The first-order chi connectivity index (χ1) is 13.1. The SMILES string of the molecule is CC(C)(C)c1c(-n2ccccc2=O)ccc(N2CC(NC(=O)O)CC2=O)c1F. The van der Waals surface area contributed by atoms with Crippen LogP contribution in [0.3, 0.4) is 0 Å². The summed E-state index contributed by atoms with van der Waals surface area (Å²) in [5.74, 6) is -0.952. The van der Waals surface area contributed by atoms with Gasteiger partial charge in [0.15, 0.2) is 5.82 Å². The van der Waals surface area contributed by atoms with E-state index < -0.39 is 23.4 Å². The lowest BCUT2D eigenvalue weighted by atomic mass is 9.84. The predicted molar refractivity (Wildman–Crippen MR) is 103 cm³/mol. The fraction of sp³-hybridized carbons (Fsp3) is 0.350. The quantitative estimate of drug-likeness (QED) is 0.847. The Morgan fingerprint density at radius 1 is 1.18 bits per heavy atom. The molecule has 1 aromatic heterocycles. The number of carboxylic acid groups (broad SMARTS) is 1. The molecule has 2 amide bonds. The lowest BCUT2D eigenvalue weighted by Gasteiger charge is -2.27. The highest BCUT2D eigenvalue weighted by molar-refractivity contribution is 5.97. The number of nitrogens with zero attached hydrogens (tertiary/aromatic N) is 2. The molecule has 0 radical (unpaired) electrons. The second-order valence-electron chi connectivity index (χ2n) is 7.81. The van der Waals surface area contributed by atoms with Gasteiger partial charge in [0.1, 0.15) is 0 Å². The molecule has 1 saturated heterocycles. The van der Waals surface area contributed by atoms with Crippen LogP contribution < -0.4 is 15.8 Å². The molecular formula is C20H22FN3O4. The van der Waals surface area contributed by atoms with Gasteiger partial charge in [-0.05, 0) is 23.6 Å². The van der Waals surface area contributed by atoms with Crippen LogP contribution in [-0.2, 0) is 10.2 Å². The average Bonchev–Trinajstić information content (AvgIpc) is 2.93. The van der Waals surface area contributed by atoms with Crippen LogP contribution in [0.1, 0.15) is 32.8 Å². The summed E-state index contributed by atoms with van der Waals surface area (Å²) in [6.45, 7) is 5.53. The highest BCUT2D eigenvalue weighted by atomic mass is 19.1. The van der Waals surface area contributed by atoms with Crippen LogP contribution in [-0.4, -0.2) is 34.3 Å². The van der Waals surface area contributed by atoms with Gasteiger partial charge < -0.3 is 15.3 Å². The Balaban J connectivity index is 2.11. The standard InChI is InChI=1S/C20H22FN3O4/c1-20(2,3)17-13(23-9-5-4-6-15(23)25)7-8-14(18(17)21)24-11-12(10-16(24)26)22-19(27)28/h4-9,12,22H,10-11H2,1-3H3,(H,27,28). The maximum absolute atomic E-state index is 15.6. The minimum absolute atomic E-state index is 0.0313. The van der Waals surface area contributed by atoms with Gasteiger partial charge in [-0.25, -0.2) is 9.18 Å². The van der Waals surface area contributed by atoms with E-state index >= 15 is 4.39 Å². The zero-order valence-electron chi connectivity index (χ0n) is 15.9. The van der Waals surface area contributed by atoms with Crippen LogP contribution in [0.25, 0.3) is 5.69 Å². The van der Waals surface area contributed by atoms with Gasteiger partial charge >= 0.3 is 6.09 Å². The topological polar surface area (TPSA) is 91.6 Å². The van der Waals surface area contributed by atoms with E-state index in [0.29, 0.717) is 11.3 Å². The van der Waals surface area contributed by atoms with Gasteiger partial charge in [-0.15, -0.1) is 0 Å². The molecule has 1 fully saturated rings. The Morgan fingerprint density at radius 3 is 2.46 bits per heavy atom. The Morgan fingerprint density at radius 2 is 1.86 bits per heavy atom. The summed E-state index contributed by atoms with van der Waals surface area (Å²) in [7, 11) is 0. The summed E-state index contributed by atoms with van der Waals surface area (Å²) in [5.41, 5.74) is -0.140. The van der Waals surface area contributed by atoms with Gasteiger partial charge in [-0.2, -0.15) is 0 Å². The maximum Gasteiger partial charge on any atom is 0.404 e. The van der Waals surface area contributed by atoms with E-state index in [-0.39, 0.29) is 30.1 Å². The number of benzene rings is 1. The second kappa shape index (κ2) is 7.10. The van der Waals surface area contributed by atoms with Crippen LogP contribution >= 0.6 is 0 Å². The molecule has 1 atom stereocenters. The average molecular weight is 387 g/mol. The molecule has 7 nitrogen and oxygen atoms in total. The van der Waals surface area contributed by atoms with E-state index in [1.54, 1.807) is 24.4 Å². The minimum Gasteiger partial charge on any atom is -0.465 e. The number of aromatic nitrogens is 1. The molecule has 1 aliphatic heterocycles. The highest BCUT2D eigenvalue weighted by Gasteiger charge is 2.35. The molecule has 148 valence electrons. The number of carbonyl (C=O) groups excluding carboxylic acids is 1. The fourth-order valence-corrected chi connectivity index (χ4v) is 3.52. The Labute approximate surface area is 161 Å². The van der Waals surface area contributed by atoms with Crippen molar-refractivity contribution >= 4 is 17.7 Å². The first kappa shape index (κ1) is 19.6. The number of pyridine rings is 1. The molecule has 0 bridgehead atoms. The van der Waals surface area contributed by atoms with Crippen molar-refractivity contribution in [2.24, 2.45) is 0 Å². The smallest absolute Gasteiger partial charge is 0.404 e. The second-order valence-corrected chi connectivity index (χ2v) is 7.81. The van der Waals surface area contributed by atoms with Crippen LogP contribution in [0.2, 0.25) is 0 Å². The number of hydrogen-bond acceptors (Lipinski definition) is 3. The van der Waals surface area contributed by atoms with Crippen molar-refractivity contribution < 1.29 is 19.1 Å². The highest BCUT2D eigenvalue weighted by Crippen LogP contribution is 2.36. The van der Waals surface area contributed by atoms with Crippen LogP contribution in [0.15, 0.2) is 41.3 Å². The van der Waals surface area contributed by atoms with E-state index in [1.165, 1.54) is 21.6 Å². The molecule has 0 spiro atoms. The van der Waals surface area contributed by atoms with Gasteiger partial charge in [-0.1, -0.05) is 26.8 Å². The third kappa shape index (κ3) is 3.62. The van der Waals surface area contributed by atoms with E-state index in [4.69, 9.17) is 5.11 Å². The van der Waals surface area contributed by atoms with Crippen molar-refractivity contribution in [2.75, 3.05) is 11.4 Å². The van der Waals surface area contributed by atoms with E-state index in [1.807, 2.05) is 20.8 Å². The summed E-state index contributed by atoms with van der Waals surface area (Å²) >= 11 is 0. The van der Waals surface area contributed by atoms with E-state index in [2.05, 4.69) is 5.32 Å². The zero-order chi connectivity index (χ0) is 20.6. The zero-order valence-corrected chi connectivity index (χ0v) is 15.9. The lowest BCUT2D eigenvalue weighted by molar-refractivity contribution is -0.117. The summed E-state index contributed by atoms with van der Waals surface area (Å²) < 4.78 is 17.0. The Bertz CT molecular complexity index is 994. The first-order valence-electron chi connectivity index (χ1n) is 8.90. The van der Waals surface area contributed by atoms with E-state index in [9.17, 15) is 14.4 Å². The molecular weight excluding hydrogens is 365 g/mol. The van der Waals surface area contributed by atoms with Gasteiger partial charge in [-0.3, -0.25) is 14.2 Å². The number of hydrogen-bond donors (Lipinski definition) is 2.